The zero-order chi connectivity index (χ0) is 34.7. The molecule has 2 amide bonds. The first kappa shape index (κ1) is 33.7. The molecule has 6 aromatic heterocycles. The summed E-state index contributed by atoms with van der Waals surface area (Å²) in [5.41, 5.74) is 6.35. The minimum atomic E-state index is -0.105. The first-order chi connectivity index (χ1) is 24.4. The number of aromatic nitrogens is 6. The molecule has 2 N–H and O–H groups in total. The number of aromatic amines is 2. The molecule has 6 aromatic rings. The van der Waals surface area contributed by atoms with Crippen LogP contribution in [0.25, 0.3) is 33.6 Å². The van der Waals surface area contributed by atoms with Crippen molar-refractivity contribution in [3.63, 3.8) is 0 Å². The van der Waals surface area contributed by atoms with Crippen molar-refractivity contribution in [3.05, 3.63) is 145 Å². The van der Waals surface area contributed by atoms with Crippen molar-refractivity contribution >= 4 is 11.8 Å². The summed E-state index contributed by atoms with van der Waals surface area (Å²) in [7, 11) is 3.87. The number of nitrogens with one attached hydrogen (secondary N) is 2. The molecule has 0 radical (unpaired) electrons. The highest BCUT2D eigenvalue weighted by atomic mass is 16.1. The molecule has 0 aliphatic rings. The Bertz CT molecular complexity index is 2040. The van der Waals surface area contributed by atoms with E-state index in [1.54, 1.807) is 0 Å². The van der Waals surface area contributed by atoms with Gasteiger partial charge in [0.1, 0.15) is 13.1 Å². The van der Waals surface area contributed by atoms with E-state index in [2.05, 4.69) is 102 Å². The van der Waals surface area contributed by atoms with Gasteiger partial charge in [0.15, 0.2) is 37.2 Å². The average molecular weight is 667 g/mol. The van der Waals surface area contributed by atoms with E-state index in [0.29, 0.717) is 23.6 Å². The second-order valence-corrected chi connectivity index (χ2v) is 12.3. The van der Waals surface area contributed by atoms with Gasteiger partial charge in [-0.1, -0.05) is 0 Å². The molecule has 0 unspecified atom stereocenters. The summed E-state index contributed by atoms with van der Waals surface area (Å²) in [4.78, 5) is 39.7. The van der Waals surface area contributed by atoms with E-state index in [1.807, 2.05) is 84.7 Å². The Balaban J connectivity index is 1.03. The van der Waals surface area contributed by atoms with Crippen LogP contribution < -0.4 is 29.8 Å². The van der Waals surface area contributed by atoms with Crippen LogP contribution in [0, 0.1) is 0 Å². The van der Waals surface area contributed by atoms with Gasteiger partial charge >= 0.3 is 0 Å². The summed E-state index contributed by atoms with van der Waals surface area (Å²) >= 11 is 0. The van der Waals surface area contributed by atoms with Gasteiger partial charge in [-0.15, -0.1) is 0 Å². The minimum Gasteiger partial charge on any atom is -0.357 e. The van der Waals surface area contributed by atoms with Crippen molar-refractivity contribution in [1.82, 2.24) is 9.13 Å². The number of carbonyl (C=O) groups is 2. The van der Waals surface area contributed by atoms with E-state index < -0.39 is 0 Å². The average Bonchev–Trinajstić information content (AvgIpc) is 3.14. The van der Waals surface area contributed by atoms with Crippen LogP contribution in [0.2, 0.25) is 0 Å². The summed E-state index contributed by atoms with van der Waals surface area (Å²) in [6.45, 7) is 1.48. The second kappa shape index (κ2) is 16.3. The van der Waals surface area contributed by atoms with Crippen LogP contribution >= 0.6 is 0 Å². The first-order valence-electron chi connectivity index (χ1n) is 16.8. The fourth-order valence-electron chi connectivity index (χ4n) is 5.56. The minimum absolute atomic E-state index is 0.105. The van der Waals surface area contributed by atoms with Gasteiger partial charge in [-0.3, -0.25) is 9.59 Å². The molecule has 250 valence electrons. The predicted molar refractivity (Wildman–Crippen MR) is 187 cm³/mol. The number of hydrogen-bond acceptors (Lipinski definition) is 2. The molecule has 0 aromatic carbocycles. The highest BCUT2D eigenvalue weighted by Gasteiger charge is 2.17. The van der Waals surface area contributed by atoms with Crippen LogP contribution in [-0.2, 0) is 36.8 Å². The molecular weight excluding hydrogens is 624 g/mol. The van der Waals surface area contributed by atoms with E-state index in [4.69, 9.17) is 0 Å². The molecule has 0 spiro atoms. The van der Waals surface area contributed by atoms with Gasteiger partial charge in [-0.05, 0) is 46.5 Å². The number of carbonyl (C=O) groups excluding carboxylic acids is 2. The molecule has 0 atom stereocenters. The Morgan fingerprint density at radius 3 is 1.32 bits per heavy atom. The maximum absolute atomic E-state index is 12.3. The quantitative estimate of drug-likeness (QED) is 0.198. The first-order valence-corrected chi connectivity index (χ1v) is 16.8. The molecule has 50 heavy (non-hydrogen) atoms. The summed E-state index contributed by atoms with van der Waals surface area (Å²) < 4.78 is 8.01. The van der Waals surface area contributed by atoms with E-state index in [9.17, 15) is 9.59 Å². The maximum Gasteiger partial charge on any atom is 0.276 e. The Hall–Kier alpha value is -6.16. The standard InChI is InChI=1S/C40H40N8O2/c1-45-21-13-35(14-22-45)43-39(49)5-3-19-47-25-9-31(10-26-47)33-7-17-41-37(29-33)38-30-34(8-18-42-38)32-11-27-48(28-12-32)20-4-6-40(50)44-36-15-23-46(2)24-16-36/h7-18,21-30H,3-6,19-20H2,1-2H3/q+2/p+2. The number of hydrogen-bond donors (Lipinski definition) is 0. The van der Waals surface area contributed by atoms with Gasteiger partial charge in [-0.25, -0.2) is 29.1 Å². The van der Waals surface area contributed by atoms with Crippen molar-refractivity contribution < 1.29 is 28.7 Å². The lowest BCUT2D eigenvalue weighted by atomic mass is 10.0. The zero-order valence-corrected chi connectivity index (χ0v) is 28.4. The molecule has 0 saturated heterocycles. The SMILES string of the molecule is Cn1ccc(=NC(=O)CCC[n+]2ccc(-c3cc[nH+]c(-c4cc(-c5cc[n+](CCCC(=O)N=c6ccn(C)cc6)cc5)cc[nH+]4)c3)cc2)cc1. The van der Waals surface area contributed by atoms with Crippen molar-refractivity contribution in [2.75, 3.05) is 0 Å². The lowest BCUT2D eigenvalue weighted by Gasteiger charge is -2.02. The summed E-state index contributed by atoms with van der Waals surface area (Å²) in [5, 5.41) is 1.37. The molecule has 10 heteroatoms. The van der Waals surface area contributed by atoms with Gasteiger partial charge in [-0.2, -0.15) is 0 Å². The molecule has 6 rings (SSSR count). The number of aryl methyl sites for hydroxylation is 4. The molecule has 0 aliphatic carbocycles. The van der Waals surface area contributed by atoms with E-state index in [0.717, 1.165) is 59.6 Å². The number of nitrogens with zero attached hydrogens (tertiary/aromatic N) is 6. The maximum atomic E-state index is 12.3. The Morgan fingerprint density at radius 2 is 0.940 bits per heavy atom. The Kier molecular flexibility index (Phi) is 11.0. The Morgan fingerprint density at radius 1 is 0.560 bits per heavy atom. The third-order valence-corrected chi connectivity index (χ3v) is 8.39. The van der Waals surface area contributed by atoms with Gasteiger partial charge in [0.2, 0.25) is 11.8 Å². The van der Waals surface area contributed by atoms with Gasteiger partial charge in [0.25, 0.3) is 11.4 Å². The van der Waals surface area contributed by atoms with E-state index in [-0.39, 0.29) is 11.8 Å². The van der Waals surface area contributed by atoms with Crippen LogP contribution in [-0.4, -0.2) is 20.9 Å². The van der Waals surface area contributed by atoms with Crippen LogP contribution in [0.1, 0.15) is 25.7 Å². The fourth-order valence-corrected chi connectivity index (χ4v) is 5.56. The van der Waals surface area contributed by atoms with Crippen LogP contribution in [0.15, 0.2) is 145 Å². The smallest absolute Gasteiger partial charge is 0.276 e. The van der Waals surface area contributed by atoms with Crippen molar-refractivity contribution in [2.45, 2.75) is 38.8 Å². The predicted octanol–water partition coefficient (Wildman–Crippen LogP) is 3.38. The molecule has 6 heterocycles. The van der Waals surface area contributed by atoms with Crippen molar-refractivity contribution in [1.29, 1.82) is 0 Å². The number of rotatable bonds is 11. The molecule has 0 bridgehead atoms. The monoisotopic (exact) mass is 666 g/mol. The number of amides is 2. The van der Waals surface area contributed by atoms with Crippen molar-refractivity contribution in [3.8, 4) is 33.6 Å². The summed E-state index contributed by atoms with van der Waals surface area (Å²) in [6.07, 6.45) is 21.9. The van der Waals surface area contributed by atoms with E-state index in [1.165, 1.54) is 0 Å². The molecule has 0 fully saturated rings. The molecule has 10 nitrogen and oxygen atoms in total. The van der Waals surface area contributed by atoms with Crippen LogP contribution in [0.3, 0.4) is 0 Å². The van der Waals surface area contributed by atoms with Gasteiger partial charge < -0.3 is 9.13 Å². The number of H-pyrrole nitrogens is 2. The fraction of sp³-hybridized carbons (Fsp3) is 0.200. The second-order valence-electron chi connectivity index (χ2n) is 12.3. The van der Waals surface area contributed by atoms with Crippen LogP contribution in [0.4, 0.5) is 0 Å². The largest absolute Gasteiger partial charge is 0.357 e. The molecule has 0 saturated carbocycles. The molecular formula is C40H42N8O2+4. The summed E-state index contributed by atoms with van der Waals surface area (Å²) in [5.74, 6) is -0.210. The lowest BCUT2D eigenvalue weighted by molar-refractivity contribution is -0.697. The lowest BCUT2D eigenvalue weighted by Crippen LogP contribution is -2.32. The normalized spacial score (nSPS) is 10.8. The summed E-state index contributed by atoms with van der Waals surface area (Å²) in [6, 6.07) is 24.2. The number of pyridine rings is 6. The third kappa shape index (κ3) is 9.47. The van der Waals surface area contributed by atoms with Crippen molar-refractivity contribution in [2.24, 2.45) is 24.1 Å². The Labute approximate surface area is 291 Å². The van der Waals surface area contributed by atoms with E-state index >= 15 is 0 Å². The van der Waals surface area contributed by atoms with Gasteiger partial charge in [0.05, 0.1) is 10.7 Å². The molecule has 0 aliphatic heterocycles. The zero-order valence-electron chi connectivity index (χ0n) is 28.4. The topological polar surface area (TPSA) is 105 Å². The highest BCUT2D eigenvalue weighted by Crippen LogP contribution is 2.23. The highest BCUT2D eigenvalue weighted by molar-refractivity contribution is 5.77. The third-order valence-electron chi connectivity index (χ3n) is 8.39. The van der Waals surface area contributed by atoms with Crippen LogP contribution in [0.5, 0.6) is 0 Å². The van der Waals surface area contributed by atoms with Gasteiger partial charge in [0, 0.05) is 113 Å².